The predicted molar refractivity (Wildman–Crippen MR) is 119 cm³/mol. The highest BCUT2D eigenvalue weighted by Gasteiger charge is 2.26. The topological polar surface area (TPSA) is 90.7 Å². The van der Waals surface area contributed by atoms with E-state index in [4.69, 9.17) is 4.99 Å². The average molecular weight is 425 g/mol. The number of hydrogen-bond donors (Lipinski definition) is 2. The molecule has 2 aromatic rings. The van der Waals surface area contributed by atoms with Gasteiger partial charge in [0.25, 0.3) is 0 Å². The molecule has 2 aliphatic rings. The van der Waals surface area contributed by atoms with E-state index in [1.165, 1.54) is 5.56 Å². The Labute approximate surface area is 183 Å². The van der Waals surface area contributed by atoms with Gasteiger partial charge in [-0.05, 0) is 25.3 Å². The highest BCUT2D eigenvalue weighted by molar-refractivity contribution is 5.80. The van der Waals surface area contributed by atoms with E-state index in [-0.39, 0.29) is 5.91 Å². The summed E-state index contributed by atoms with van der Waals surface area (Å²) in [7, 11) is 1.97. The first-order chi connectivity index (χ1) is 15.1. The molecular formula is C22H32N8O. The van der Waals surface area contributed by atoms with Gasteiger partial charge in [0, 0.05) is 39.3 Å². The summed E-state index contributed by atoms with van der Waals surface area (Å²) in [5, 5.41) is 14.9. The van der Waals surface area contributed by atoms with Gasteiger partial charge in [0.2, 0.25) is 5.91 Å². The van der Waals surface area contributed by atoms with Crippen molar-refractivity contribution in [2.45, 2.75) is 38.9 Å². The van der Waals surface area contributed by atoms with Gasteiger partial charge in [0.15, 0.2) is 11.8 Å². The molecule has 1 saturated carbocycles. The second-order valence-electron chi connectivity index (χ2n) is 8.31. The lowest BCUT2D eigenvalue weighted by Gasteiger charge is -2.36. The van der Waals surface area contributed by atoms with Crippen LogP contribution in [-0.4, -0.2) is 75.2 Å². The van der Waals surface area contributed by atoms with Crippen LogP contribution in [0.4, 0.5) is 0 Å². The minimum Gasteiger partial charge on any atom is -0.352 e. The monoisotopic (exact) mass is 424 g/mol. The fourth-order valence-electron chi connectivity index (χ4n) is 3.60. The Hall–Kier alpha value is -2.94. The number of nitrogens with zero attached hydrogens (tertiary/aromatic N) is 6. The van der Waals surface area contributed by atoms with Crippen LogP contribution >= 0.6 is 0 Å². The van der Waals surface area contributed by atoms with Crippen molar-refractivity contribution < 1.29 is 4.79 Å². The third-order valence-electron chi connectivity index (χ3n) is 5.82. The molecule has 1 amide bonds. The van der Waals surface area contributed by atoms with Crippen LogP contribution < -0.4 is 10.6 Å². The summed E-state index contributed by atoms with van der Waals surface area (Å²) < 4.78 is 1.98. The SMILES string of the molecule is Cc1nnc(CNC(=NCc2ccccc2)N2CCN(CC(=O)NC3CC3)CC2)n1C. The average Bonchev–Trinajstić information content (AvgIpc) is 3.54. The Morgan fingerprint density at radius 1 is 1.13 bits per heavy atom. The van der Waals surface area contributed by atoms with Gasteiger partial charge in [-0.1, -0.05) is 30.3 Å². The molecule has 31 heavy (non-hydrogen) atoms. The Morgan fingerprint density at radius 2 is 1.87 bits per heavy atom. The number of carbonyl (C=O) groups is 1. The van der Waals surface area contributed by atoms with Crippen molar-refractivity contribution in [3.8, 4) is 0 Å². The largest absolute Gasteiger partial charge is 0.352 e. The molecule has 4 rings (SSSR count). The molecule has 0 unspecified atom stereocenters. The number of nitrogens with one attached hydrogen (secondary N) is 2. The van der Waals surface area contributed by atoms with Gasteiger partial charge in [-0.15, -0.1) is 10.2 Å². The smallest absolute Gasteiger partial charge is 0.234 e. The zero-order valence-electron chi connectivity index (χ0n) is 18.4. The van der Waals surface area contributed by atoms with Crippen LogP contribution in [0.15, 0.2) is 35.3 Å². The molecule has 0 radical (unpaired) electrons. The maximum atomic E-state index is 12.1. The van der Waals surface area contributed by atoms with Crippen LogP contribution in [0, 0.1) is 6.92 Å². The standard InChI is InChI=1S/C22H32N8O/c1-17-26-27-20(28(17)2)15-24-22(23-14-18-6-4-3-5-7-18)30-12-10-29(11-13-30)16-21(31)25-19-8-9-19/h3-7,19H,8-16H2,1-2H3,(H,23,24)(H,25,31). The minimum absolute atomic E-state index is 0.143. The highest BCUT2D eigenvalue weighted by Crippen LogP contribution is 2.18. The molecule has 0 bridgehead atoms. The van der Waals surface area contributed by atoms with E-state index in [2.05, 4.69) is 42.8 Å². The summed E-state index contributed by atoms with van der Waals surface area (Å²) >= 11 is 0. The first-order valence-electron chi connectivity index (χ1n) is 11.0. The lowest BCUT2D eigenvalue weighted by Crippen LogP contribution is -2.54. The normalized spacial score (nSPS) is 17.6. The van der Waals surface area contributed by atoms with E-state index >= 15 is 0 Å². The molecule has 1 aromatic heterocycles. The summed E-state index contributed by atoms with van der Waals surface area (Å²) in [6, 6.07) is 10.7. The summed E-state index contributed by atoms with van der Waals surface area (Å²) in [5.41, 5.74) is 1.17. The molecule has 2 fully saturated rings. The fourth-order valence-corrected chi connectivity index (χ4v) is 3.60. The van der Waals surface area contributed by atoms with Crippen LogP contribution in [0.25, 0.3) is 0 Å². The molecule has 2 N–H and O–H groups in total. The van der Waals surface area contributed by atoms with Gasteiger partial charge in [-0.3, -0.25) is 9.69 Å². The van der Waals surface area contributed by atoms with Gasteiger partial charge in [0.05, 0.1) is 19.6 Å². The first-order valence-corrected chi connectivity index (χ1v) is 11.0. The maximum Gasteiger partial charge on any atom is 0.234 e. The summed E-state index contributed by atoms with van der Waals surface area (Å²) in [5.74, 6) is 2.77. The van der Waals surface area contributed by atoms with Crippen LogP contribution in [0.2, 0.25) is 0 Å². The lowest BCUT2D eigenvalue weighted by atomic mass is 10.2. The van der Waals surface area contributed by atoms with Gasteiger partial charge in [-0.2, -0.15) is 0 Å². The van der Waals surface area contributed by atoms with Crippen molar-refractivity contribution in [1.29, 1.82) is 0 Å². The molecule has 1 aromatic carbocycles. The molecule has 9 heteroatoms. The third-order valence-corrected chi connectivity index (χ3v) is 5.82. The Balaban J connectivity index is 1.36. The van der Waals surface area contributed by atoms with Crippen molar-refractivity contribution in [2.24, 2.45) is 12.0 Å². The number of aryl methyl sites for hydroxylation is 1. The summed E-state index contributed by atoms with van der Waals surface area (Å²) in [6.07, 6.45) is 2.24. The zero-order valence-corrected chi connectivity index (χ0v) is 18.4. The van der Waals surface area contributed by atoms with Crippen molar-refractivity contribution >= 4 is 11.9 Å². The second-order valence-corrected chi connectivity index (χ2v) is 8.31. The quantitative estimate of drug-likeness (QED) is 0.501. The molecule has 1 aliphatic heterocycles. The highest BCUT2D eigenvalue weighted by atomic mass is 16.2. The zero-order chi connectivity index (χ0) is 21.6. The van der Waals surface area contributed by atoms with Crippen molar-refractivity contribution in [3.63, 3.8) is 0 Å². The Morgan fingerprint density at radius 3 is 2.52 bits per heavy atom. The van der Waals surface area contributed by atoms with Crippen LogP contribution in [-0.2, 0) is 24.9 Å². The predicted octanol–water partition coefficient (Wildman–Crippen LogP) is 0.666. The number of amides is 1. The van der Waals surface area contributed by atoms with Crippen molar-refractivity contribution in [1.82, 2.24) is 35.2 Å². The molecule has 166 valence electrons. The van der Waals surface area contributed by atoms with Gasteiger partial charge < -0.3 is 20.1 Å². The minimum atomic E-state index is 0.143. The van der Waals surface area contributed by atoms with Crippen molar-refractivity contribution in [3.05, 3.63) is 47.5 Å². The van der Waals surface area contributed by atoms with Gasteiger partial charge >= 0.3 is 0 Å². The molecule has 9 nitrogen and oxygen atoms in total. The molecular weight excluding hydrogens is 392 g/mol. The number of carbonyl (C=O) groups excluding carboxylic acids is 1. The van der Waals surface area contributed by atoms with E-state index in [0.29, 0.717) is 25.7 Å². The first kappa shape index (κ1) is 21.3. The Kier molecular flexibility index (Phi) is 6.81. The summed E-state index contributed by atoms with van der Waals surface area (Å²) in [4.78, 5) is 21.5. The fraction of sp³-hybridized carbons (Fsp3) is 0.545. The van der Waals surface area contributed by atoms with Crippen LogP contribution in [0.5, 0.6) is 0 Å². The van der Waals surface area contributed by atoms with Crippen LogP contribution in [0.3, 0.4) is 0 Å². The molecule has 2 heterocycles. The number of aliphatic imine (C=N–C) groups is 1. The van der Waals surface area contributed by atoms with Crippen LogP contribution in [0.1, 0.15) is 30.1 Å². The van der Waals surface area contributed by atoms with E-state index in [9.17, 15) is 4.79 Å². The van der Waals surface area contributed by atoms with E-state index < -0.39 is 0 Å². The van der Waals surface area contributed by atoms with Crippen molar-refractivity contribution in [2.75, 3.05) is 32.7 Å². The van der Waals surface area contributed by atoms with E-state index in [1.807, 2.05) is 36.7 Å². The van der Waals surface area contributed by atoms with E-state index in [0.717, 1.165) is 56.6 Å². The Bertz CT molecular complexity index is 897. The molecule has 0 spiro atoms. The lowest BCUT2D eigenvalue weighted by molar-refractivity contribution is -0.122. The van der Waals surface area contributed by atoms with Gasteiger partial charge in [-0.25, -0.2) is 4.99 Å². The number of rotatable bonds is 7. The number of guanidine groups is 1. The van der Waals surface area contributed by atoms with E-state index in [1.54, 1.807) is 0 Å². The summed E-state index contributed by atoms with van der Waals surface area (Å²) in [6.45, 7) is 6.94. The molecule has 0 atom stereocenters. The third kappa shape index (κ3) is 6.04. The van der Waals surface area contributed by atoms with Gasteiger partial charge in [0.1, 0.15) is 5.82 Å². The number of piperazine rings is 1. The maximum absolute atomic E-state index is 12.1. The number of aromatic nitrogens is 3. The second kappa shape index (κ2) is 9.91. The number of benzene rings is 1. The molecule has 1 aliphatic carbocycles. The number of hydrogen-bond acceptors (Lipinski definition) is 5. The molecule has 1 saturated heterocycles.